The van der Waals surface area contributed by atoms with Gasteiger partial charge >= 0.3 is 0 Å². The van der Waals surface area contributed by atoms with Gasteiger partial charge in [-0.05, 0) is 74.8 Å². The Morgan fingerprint density at radius 3 is 1.95 bits per heavy atom. The summed E-state index contributed by atoms with van der Waals surface area (Å²) in [4.78, 5) is 2.73. The zero-order chi connectivity index (χ0) is 14.7. The molecule has 0 spiro atoms. The molecule has 0 saturated heterocycles. The van der Waals surface area contributed by atoms with Gasteiger partial charge < -0.3 is 10.6 Å². The molecule has 118 valence electrons. The maximum atomic E-state index is 6.50. The molecule has 0 heterocycles. The minimum Gasteiger partial charge on any atom is -0.327 e. The summed E-state index contributed by atoms with van der Waals surface area (Å²) in [7, 11) is 0. The summed E-state index contributed by atoms with van der Waals surface area (Å²) in [5, 5.41) is 0. The van der Waals surface area contributed by atoms with E-state index in [9.17, 15) is 0 Å². The van der Waals surface area contributed by atoms with E-state index in [0.29, 0.717) is 6.04 Å². The van der Waals surface area contributed by atoms with Crippen molar-refractivity contribution < 1.29 is 0 Å². The van der Waals surface area contributed by atoms with Crippen LogP contribution in [0.5, 0.6) is 0 Å². The monoisotopic (exact) mass is 280 g/mol. The van der Waals surface area contributed by atoms with E-state index < -0.39 is 0 Å². The first kappa shape index (κ1) is 16.3. The molecule has 2 bridgehead atoms. The molecule has 2 N–H and O–H groups in total. The van der Waals surface area contributed by atoms with Gasteiger partial charge in [0.05, 0.1) is 0 Å². The second-order valence-corrected chi connectivity index (χ2v) is 8.24. The summed E-state index contributed by atoms with van der Waals surface area (Å²) in [6.07, 6.45) is 6.93. The molecule has 0 aromatic rings. The summed E-state index contributed by atoms with van der Waals surface area (Å²) in [6, 6.07) is 0.495. The summed E-state index contributed by atoms with van der Waals surface area (Å²) in [5.41, 5.74) is 6.50. The Bertz CT molecular complexity index is 273. The second kappa shape index (κ2) is 7.26. The van der Waals surface area contributed by atoms with Crippen LogP contribution in [0.2, 0.25) is 0 Å². The first-order chi connectivity index (χ1) is 9.47. The normalized spacial score (nSPS) is 33.0. The van der Waals surface area contributed by atoms with Gasteiger partial charge in [-0.3, -0.25) is 0 Å². The third kappa shape index (κ3) is 4.21. The van der Waals surface area contributed by atoms with Gasteiger partial charge in [-0.2, -0.15) is 0 Å². The van der Waals surface area contributed by atoms with E-state index in [1.54, 1.807) is 0 Å². The molecule has 20 heavy (non-hydrogen) atoms. The molecule has 0 aromatic carbocycles. The minimum absolute atomic E-state index is 0.495. The number of rotatable bonds is 8. The average molecular weight is 280 g/mol. The van der Waals surface area contributed by atoms with Crippen LogP contribution in [0.3, 0.4) is 0 Å². The van der Waals surface area contributed by atoms with Gasteiger partial charge in [0, 0.05) is 12.6 Å². The first-order valence-electron chi connectivity index (χ1n) is 8.95. The predicted molar refractivity (Wildman–Crippen MR) is 87.6 cm³/mol. The van der Waals surface area contributed by atoms with Crippen molar-refractivity contribution in [3.05, 3.63) is 0 Å². The second-order valence-electron chi connectivity index (χ2n) is 8.24. The zero-order valence-corrected chi connectivity index (χ0v) is 14.1. The summed E-state index contributed by atoms with van der Waals surface area (Å²) < 4.78 is 0. The van der Waals surface area contributed by atoms with Gasteiger partial charge in [0.2, 0.25) is 0 Å². The zero-order valence-electron chi connectivity index (χ0n) is 14.1. The lowest BCUT2D eigenvalue weighted by atomic mass is 9.84. The molecule has 2 fully saturated rings. The topological polar surface area (TPSA) is 29.3 Å². The molecule has 2 aliphatic rings. The third-order valence-electron chi connectivity index (χ3n) is 5.67. The fourth-order valence-electron chi connectivity index (χ4n) is 4.20. The Morgan fingerprint density at radius 2 is 1.50 bits per heavy atom. The van der Waals surface area contributed by atoms with E-state index in [1.165, 1.54) is 51.7 Å². The molecule has 2 heteroatoms. The molecule has 2 aliphatic carbocycles. The Kier molecular flexibility index (Phi) is 5.92. The van der Waals surface area contributed by atoms with E-state index >= 15 is 0 Å². The Labute approximate surface area is 126 Å². The maximum Gasteiger partial charge on any atom is 0.0111 e. The van der Waals surface area contributed by atoms with Crippen molar-refractivity contribution in [3.63, 3.8) is 0 Å². The van der Waals surface area contributed by atoms with Crippen molar-refractivity contribution in [1.82, 2.24) is 4.90 Å². The van der Waals surface area contributed by atoms with Gasteiger partial charge in [-0.15, -0.1) is 0 Å². The quantitative estimate of drug-likeness (QED) is 0.733. The number of nitrogens with two attached hydrogens (primary N) is 1. The highest BCUT2D eigenvalue weighted by Gasteiger charge is 2.45. The lowest BCUT2D eigenvalue weighted by Gasteiger charge is -2.34. The van der Waals surface area contributed by atoms with Gasteiger partial charge in [-0.1, -0.05) is 27.7 Å². The van der Waals surface area contributed by atoms with Crippen molar-refractivity contribution >= 4 is 0 Å². The third-order valence-corrected chi connectivity index (χ3v) is 5.67. The van der Waals surface area contributed by atoms with Crippen molar-refractivity contribution in [2.75, 3.05) is 19.6 Å². The Morgan fingerprint density at radius 1 is 0.950 bits per heavy atom. The van der Waals surface area contributed by atoms with Gasteiger partial charge in [-0.25, -0.2) is 0 Å². The van der Waals surface area contributed by atoms with Crippen LogP contribution in [0.4, 0.5) is 0 Å². The Hall–Kier alpha value is -0.0800. The van der Waals surface area contributed by atoms with E-state index in [-0.39, 0.29) is 0 Å². The van der Waals surface area contributed by atoms with Crippen LogP contribution in [0.1, 0.15) is 59.8 Å². The molecule has 2 saturated carbocycles. The van der Waals surface area contributed by atoms with E-state index in [2.05, 4.69) is 32.6 Å². The molecule has 0 aromatic heterocycles. The largest absolute Gasteiger partial charge is 0.327 e. The van der Waals surface area contributed by atoms with Crippen LogP contribution in [0.25, 0.3) is 0 Å². The number of hydrogen-bond acceptors (Lipinski definition) is 2. The molecular formula is C18H36N2. The van der Waals surface area contributed by atoms with Crippen molar-refractivity contribution in [3.8, 4) is 0 Å². The molecular weight excluding hydrogens is 244 g/mol. The number of hydrogen-bond donors (Lipinski definition) is 1. The lowest BCUT2D eigenvalue weighted by molar-refractivity contribution is 0.162. The average Bonchev–Trinajstić information content (AvgIpc) is 2.95. The number of nitrogens with zero attached hydrogens (tertiary/aromatic N) is 1. The molecule has 0 amide bonds. The highest BCUT2D eigenvalue weighted by molar-refractivity contribution is 4.99. The van der Waals surface area contributed by atoms with Crippen LogP contribution in [0, 0.1) is 29.6 Å². The lowest BCUT2D eigenvalue weighted by Crippen LogP contribution is -2.43. The molecule has 0 radical (unpaired) electrons. The van der Waals surface area contributed by atoms with Crippen LogP contribution < -0.4 is 5.73 Å². The number of fused-ring (bicyclic) bond motifs is 2. The predicted octanol–water partition coefficient (Wildman–Crippen LogP) is 3.75. The van der Waals surface area contributed by atoms with E-state index in [0.717, 1.165) is 29.6 Å². The van der Waals surface area contributed by atoms with Crippen LogP contribution in [-0.2, 0) is 0 Å². The van der Waals surface area contributed by atoms with Crippen LogP contribution in [-0.4, -0.2) is 30.6 Å². The van der Waals surface area contributed by atoms with E-state index in [4.69, 9.17) is 5.73 Å². The van der Waals surface area contributed by atoms with Crippen molar-refractivity contribution in [1.29, 1.82) is 0 Å². The maximum absolute atomic E-state index is 6.50. The summed E-state index contributed by atoms with van der Waals surface area (Å²) in [6.45, 7) is 13.2. The fraction of sp³-hybridized carbons (Fsp3) is 1.00. The first-order valence-corrected chi connectivity index (χ1v) is 8.95. The minimum atomic E-state index is 0.495. The van der Waals surface area contributed by atoms with E-state index in [1.807, 2.05) is 0 Å². The SMILES string of the molecule is CC(C)CCN(CCC(C)C)CC1C2CCC(C2)C1N. The van der Waals surface area contributed by atoms with Gasteiger partial charge in [0.25, 0.3) is 0 Å². The highest BCUT2D eigenvalue weighted by atomic mass is 15.1. The summed E-state index contributed by atoms with van der Waals surface area (Å²) >= 11 is 0. The molecule has 2 rings (SSSR count). The Balaban J connectivity index is 1.85. The smallest absolute Gasteiger partial charge is 0.0111 e. The molecule has 2 nitrogen and oxygen atoms in total. The standard InChI is InChI=1S/C18H36N2/c1-13(2)7-9-20(10-8-14(3)4)12-17-15-5-6-16(11-15)18(17)19/h13-18H,5-12,19H2,1-4H3. The van der Waals surface area contributed by atoms with Crippen molar-refractivity contribution in [2.45, 2.75) is 65.8 Å². The van der Waals surface area contributed by atoms with Crippen molar-refractivity contribution in [2.24, 2.45) is 35.3 Å². The van der Waals surface area contributed by atoms with Crippen LogP contribution in [0.15, 0.2) is 0 Å². The van der Waals surface area contributed by atoms with Gasteiger partial charge in [0.1, 0.15) is 0 Å². The summed E-state index contributed by atoms with van der Waals surface area (Å²) in [5.74, 6) is 4.20. The molecule has 0 aliphatic heterocycles. The molecule has 4 atom stereocenters. The fourth-order valence-corrected chi connectivity index (χ4v) is 4.20. The van der Waals surface area contributed by atoms with Crippen LogP contribution >= 0.6 is 0 Å². The highest BCUT2D eigenvalue weighted by Crippen LogP contribution is 2.47. The van der Waals surface area contributed by atoms with Gasteiger partial charge in [0.15, 0.2) is 0 Å². The molecule has 4 unspecified atom stereocenters.